The van der Waals surface area contributed by atoms with Gasteiger partial charge in [0.15, 0.2) is 0 Å². The lowest BCUT2D eigenvalue weighted by atomic mass is 10.2. The van der Waals surface area contributed by atoms with E-state index >= 15 is 0 Å². The number of sulfonamides is 1. The van der Waals surface area contributed by atoms with E-state index in [9.17, 15) is 18.0 Å². The second kappa shape index (κ2) is 10.8. The van der Waals surface area contributed by atoms with Crippen LogP contribution in [0.15, 0.2) is 94.7 Å². The minimum atomic E-state index is -3.77. The summed E-state index contributed by atoms with van der Waals surface area (Å²) >= 11 is 1.34. The lowest BCUT2D eigenvalue weighted by Crippen LogP contribution is -2.15. The number of benzene rings is 3. The Morgan fingerprint density at radius 1 is 0.844 bits per heavy atom. The zero-order chi connectivity index (χ0) is 23.0. The molecule has 0 spiro atoms. The predicted molar refractivity (Wildman–Crippen MR) is 128 cm³/mol. The summed E-state index contributed by atoms with van der Waals surface area (Å²) in [6.45, 7) is 0. The van der Waals surface area contributed by atoms with Crippen LogP contribution in [0.25, 0.3) is 6.08 Å². The smallest absolute Gasteiger partial charge is 0.248 e. The standard InChI is InChI=1S/C23H21N3O4S2/c24-32(29,30)21-13-9-19(10-14-21)26-23(28)16-31-20-11-7-18(8-12-20)25-22(27)15-6-17-4-2-1-3-5-17/h1-15H,16H2,(H,25,27)(H,26,28)(H2,24,29,30)/b15-6+. The molecule has 0 aromatic heterocycles. The van der Waals surface area contributed by atoms with Crippen molar-refractivity contribution < 1.29 is 18.0 Å². The van der Waals surface area contributed by atoms with Gasteiger partial charge in [-0.2, -0.15) is 0 Å². The van der Waals surface area contributed by atoms with E-state index in [0.29, 0.717) is 11.4 Å². The molecule has 0 heterocycles. The van der Waals surface area contributed by atoms with Gasteiger partial charge in [0.2, 0.25) is 21.8 Å². The Bertz CT molecular complexity index is 1210. The van der Waals surface area contributed by atoms with Crippen molar-refractivity contribution in [1.29, 1.82) is 0 Å². The van der Waals surface area contributed by atoms with Crippen LogP contribution in [-0.4, -0.2) is 26.0 Å². The molecule has 0 aliphatic carbocycles. The van der Waals surface area contributed by atoms with Gasteiger partial charge in [0.1, 0.15) is 0 Å². The summed E-state index contributed by atoms with van der Waals surface area (Å²) in [5.41, 5.74) is 2.06. The Morgan fingerprint density at radius 2 is 1.44 bits per heavy atom. The molecular formula is C23H21N3O4S2. The number of anilines is 2. The minimum absolute atomic E-state index is 0.0207. The normalized spacial score (nSPS) is 11.3. The Morgan fingerprint density at radius 3 is 2.06 bits per heavy atom. The lowest BCUT2D eigenvalue weighted by molar-refractivity contribution is -0.114. The zero-order valence-corrected chi connectivity index (χ0v) is 18.5. The number of carbonyl (C=O) groups is 2. The number of hydrogen-bond donors (Lipinski definition) is 3. The highest BCUT2D eigenvalue weighted by molar-refractivity contribution is 8.00. The fourth-order valence-electron chi connectivity index (χ4n) is 2.63. The molecule has 0 atom stereocenters. The molecule has 4 N–H and O–H groups in total. The van der Waals surface area contributed by atoms with Crippen LogP contribution in [0.2, 0.25) is 0 Å². The molecule has 164 valence electrons. The average Bonchev–Trinajstić information content (AvgIpc) is 2.78. The summed E-state index contributed by atoms with van der Waals surface area (Å²) in [7, 11) is -3.77. The first kappa shape index (κ1) is 23.3. The molecule has 3 aromatic carbocycles. The summed E-state index contributed by atoms with van der Waals surface area (Å²) in [4.78, 5) is 25.0. The van der Waals surface area contributed by atoms with E-state index in [1.165, 1.54) is 42.1 Å². The van der Waals surface area contributed by atoms with Crippen LogP contribution in [0.4, 0.5) is 11.4 Å². The third-order valence-corrected chi connectivity index (χ3v) is 6.13. The van der Waals surface area contributed by atoms with Crippen LogP contribution < -0.4 is 15.8 Å². The van der Waals surface area contributed by atoms with Crippen LogP contribution in [-0.2, 0) is 19.6 Å². The molecule has 0 bridgehead atoms. The Labute approximate surface area is 190 Å². The molecule has 3 aromatic rings. The van der Waals surface area contributed by atoms with E-state index in [2.05, 4.69) is 10.6 Å². The summed E-state index contributed by atoms with van der Waals surface area (Å²) in [5, 5.41) is 10.5. The molecule has 3 rings (SSSR count). The molecule has 32 heavy (non-hydrogen) atoms. The van der Waals surface area contributed by atoms with Crippen LogP contribution in [0.5, 0.6) is 0 Å². The van der Waals surface area contributed by atoms with Gasteiger partial charge < -0.3 is 10.6 Å². The van der Waals surface area contributed by atoms with E-state index in [1.54, 1.807) is 18.2 Å². The largest absolute Gasteiger partial charge is 0.325 e. The van der Waals surface area contributed by atoms with Gasteiger partial charge in [0.25, 0.3) is 0 Å². The van der Waals surface area contributed by atoms with Gasteiger partial charge >= 0.3 is 0 Å². The highest BCUT2D eigenvalue weighted by Gasteiger charge is 2.08. The third-order valence-electron chi connectivity index (χ3n) is 4.19. The van der Waals surface area contributed by atoms with Gasteiger partial charge in [-0.05, 0) is 60.2 Å². The van der Waals surface area contributed by atoms with Crippen LogP contribution in [0.1, 0.15) is 5.56 Å². The second-order valence-corrected chi connectivity index (χ2v) is 9.27. The van der Waals surface area contributed by atoms with E-state index < -0.39 is 10.0 Å². The van der Waals surface area contributed by atoms with Gasteiger partial charge in [-0.3, -0.25) is 9.59 Å². The molecule has 0 unspecified atom stereocenters. The first-order chi connectivity index (χ1) is 15.3. The summed E-state index contributed by atoms with van der Waals surface area (Å²) in [5.74, 6) is -0.300. The number of hydrogen-bond acceptors (Lipinski definition) is 5. The number of primary sulfonamides is 1. The van der Waals surface area contributed by atoms with Gasteiger partial charge in [0.05, 0.1) is 10.6 Å². The van der Waals surface area contributed by atoms with Gasteiger partial charge in [-0.15, -0.1) is 11.8 Å². The van der Waals surface area contributed by atoms with Crippen molar-refractivity contribution in [3.05, 3.63) is 90.5 Å². The summed E-state index contributed by atoms with van der Waals surface area (Å²) in [6, 6.07) is 22.3. The summed E-state index contributed by atoms with van der Waals surface area (Å²) in [6.07, 6.45) is 3.21. The second-order valence-electron chi connectivity index (χ2n) is 6.66. The van der Waals surface area contributed by atoms with Crippen LogP contribution >= 0.6 is 11.8 Å². The molecule has 0 aliphatic rings. The zero-order valence-electron chi connectivity index (χ0n) is 16.9. The molecule has 0 radical (unpaired) electrons. The third kappa shape index (κ3) is 7.38. The SMILES string of the molecule is NS(=O)(=O)c1ccc(NC(=O)CSc2ccc(NC(=O)/C=C/c3ccccc3)cc2)cc1. The van der Waals surface area contributed by atoms with E-state index in [4.69, 9.17) is 5.14 Å². The average molecular weight is 468 g/mol. The monoisotopic (exact) mass is 467 g/mol. The molecule has 0 aliphatic heterocycles. The maximum absolute atomic E-state index is 12.1. The maximum atomic E-state index is 12.1. The van der Waals surface area contributed by atoms with Gasteiger partial charge in [-0.25, -0.2) is 13.6 Å². The van der Waals surface area contributed by atoms with Gasteiger partial charge in [0, 0.05) is 22.3 Å². The predicted octanol–water partition coefficient (Wildman–Crippen LogP) is 3.72. The fourth-order valence-corrected chi connectivity index (χ4v) is 3.84. The molecular weight excluding hydrogens is 446 g/mol. The number of amides is 2. The van der Waals surface area contributed by atoms with Crippen molar-refractivity contribution in [2.45, 2.75) is 9.79 Å². The Kier molecular flexibility index (Phi) is 7.82. The Balaban J connectivity index is 1.46. The van der Waals surface area contributed by atoms with E-state index in [-0.39, 0.29) is 22.5 Å². The molecule has 0 saturated heterocycles. The maximum Gasteiger partial charge on any atom is 0.248 e. The van der Waals surface area contributed by atoms with Gasteiger partial charge in [-0.1, -0.05) is 30.3 Å². The number of nitrogens with two attached hydrogens (primary N) is 1. The van der Waals surface area contributed by atoms with Crippen molar-refractivity contribution in [2.24, 2.45) is 5.14 Å². The quantitative estimate of drug-likeness (QED) is 0.345. The van der Waals surface area contributed by atoms with Crippen LogP contribution in [0.3, 0.4) is 0 Å². The van der Waals surface area contributed by atoms with Crippen molar-refractivity contribution in [3.8, 4) is 0 Å². The molecule has 0 saturated carbocycles. The number of carbonyl (C=O) groups excluding carboxylic acids is 2. The van der Waals surface area contributed by atoms with Crippen molar-refractivity contribution in [3.63, 3.8) is 0 Å². The number of thioether (sulfide) groups is 1. The molecule has 0 fully saturated rings. The Hall–Kier alpha value is -3.40. The summed E-state index contributed by atoms with van der Waals surface area (Å²) < 4.78 is 22.5. The first-order valence-corrected chi connectivity index (χ1v) is 12.0. The van der Waals surface area contributed by atoms with Crippen molar-refractivity contribution in [1.82, 2.24) is 0 Å². The van der Waals surface area contributed by atoms with E-state index in [1.807, 2.05) is 42.5 Å². The number of rotatable bonds is 8. The molecule has 7 nitrogen and oxygen atoms in total. The topological polar surface area (TPSA) is 118 Å². The van der Waals surface area contributed by atoms with Crippen molar-refractivity contribution >= 4 is 51.1 Å². The number of nitrogens with one attached hydrogen (secondary N) is 2. The fraction of sp³-hybridized carbons (Fsp3) is 0.0435. The van der Waals surface area contributed by atoms with Crippen LogP contribution in [0, 0.1) is 0 Å². The molecule has 9 heteroatoms. The minimum Gasteiger partial charge on any atom is -0.325 e. The van der Waals surface area contributed by atoms with Crippen molar-refractivity contribution in [2.75, 3.05) is 16.4 Å². The lowest BCUT2D eigenvalue weighted by Gasteiger charge is -2.07. The molecule has 2 amide bonds. The van der Waals surface area contributed by atoms with E-state index in [0.717, 1.165) is 10.5 Å². The highest BCUT2D eigenvalue weighted by Crippen LogP contribution is 2.21. The highest BCUT2D eigenvalue weighted by atomic mass is 32.2. The first-order valence-electron chi connectivity index (χ1n) is 9.49.